The van der Waals surface area contributed by atoms with E-state index < -0.39 is 11.2 Å². The molecule has 2 fully saturated rings. The van der Waals surface area contributed by atoms with Crippen molar-refractivity contribution in [2.24, 2.45) is 0 Å². The number of nitriles is 1. The van der Waals surface area contributed by atoms with E-state index in [4.69, 9.17) is 27.9 Å². The average molecular weight is 488 g/mol. The summed E-state index contributed by atoms with van der Waals surface area (Å²) in [6, 6.07) is 16.4. The molecule has 164 valence electrons. The van der Waals surface area contributed by atoms with Crippen molar-refractivity contribution in [2.45, 2.75) is 11.7 Å². The van der Waals surface area contributed by atoms with Gasteiger partial charge < -0.3 is 9.64 Å². The van der Waals surface area contributed by atoms with Crippen molar-refractivity contribution in [1.29, 1.82) is 5.26 Å². The number of hydrogen-bond donors (Lipinski definition) is 0. The van der Waals surface area contributed by atoms with Crippen molar-refractivity contribution in [3.05, 3.63) is 74.7 Å². The van der Waals surface area contributed by atoms with Crippen LogP contribution in [-0.2, 0) is 20.7 Å². The zero-order chi connectivity index (χ0) is 22.7. The average Bonchev–Trinajstić information content (AvgIpc) is 3.14. The van der Waals surface area contributed by atoms with Crippen LogP contribution in [0.2, 0.25) is 10.0 Å². The van der Waals surface area contributed by atoms with Crippen LogP contribution in [0.5, 0.6) is 0 Å². The fourth-order valence-electron chi connectivity index (χ4n) is 3.62. The van der Waals surface area contributed by atoms with E-state index >= 15 is 0 Å². The summed E-state index contributed by atoms with van der Waals surface area (Å²) in [7, 11) is 0. The largest absolute Gasteiger partial charge is 0.378 e. The summed E-state index contributed by atoms with van der Waals surface area (Å²) in [5, 5.41) is 10.5. The second-order valence-corrected chi connectivity index (χ2v) is 9.21. The van der Waals surface area contributed by atoms with Gasteiger partial charge in [0.1, 0.15) is 16.7 Å². The minimum atomic E-state index is -0.554. The Kier molecular flexibility index (Phi) is 7.07. The lowest BCUT2D eigenvalue weighted by Crippen LogP contribution is -2.42. The summed E-state index contributed by atoms with van der Waals surface area (Å²) < 4.78 is 5.31. The number of anilines is 1. The Labute approximate surface area is 200 Å². The third kappa shape index (κ3) is 4.50. The van der Waals surface area contributed by atoms with Gasteiger partial charge in [0.2, 0.25) is 5.91 Å². The van der Waals surface area contributed by atoms with E-state index in [0.29, 0.717) is 53.5 Å². The highest BCUT2D eigenvalue weighted by atomic mass is 35.5. The van der Waals surface area contributed by atoms with Crippen LogP contribution in [0, 0.1) is 11.3 Å². The molecule has 2 amide bonds. The molecule has 0 unspecified atom stereocenters. The number of carbonyl (C=O) groups is 2. The molecule has 2 heterocycles. The monoisotopic (exact) mass is 487 g/mol. The van der Waals surface area contributed by atoms with Crippen LogP contribution in [0.15, 0.2) is 59.1 Å². The number of benzene rings is 2. The van der Waals surface area contributed by atoms with Crippen molar-refractivity contribution < 1.29 is 14.3 Å². The fraction of sp³-hybridized carbons (Fsp3) is 0.261. The highest BCUT2D eigenvalue weighted by molar-refractivity contribution is 8.05. The zero-order valence-corrected chi connectivity index (χ0v) is 19.3. The molecule has 0 saturated carbocycles. The number of halogens is 2. The standard InChI is InChI=1S/C23H19Cl2N3O3S/c24-18-8-4-5-15(20(18)25)13-19-22(30)28(16-6-2-1-3-7-16)23(32-19)17(14-26)21(29)27-9-11-31-12-10-27/h1-8,19H,9-13H2/b23-17+/t19-/m1/s1. The van der Waals surface area contributed by atoms with Gasteiger partial charge in [-0.2, -0.15) is 5.26 Å². The van der Waals surface area contributed by atoms with Crippen molar-refractivity contribution in [3.8, 4) is 6.07 Å². The first-order chi connectivity index (χ1) is 15.5. The lowest BCUT2D eigenvalue weighted by molar-refractivity contribution is -0.130. The second-order valence-electron chi connectivity index (χ2n) is 7.23. The van der Waals surface area contributed by atoms with Crippen LogP contribution in [0.25, 0.3) is 0 Å². The number of nitrogens with zero attached hydrogens (tertiary/aromatic N) is 3. The number of para-hydroxylation sites is 1. The minimum Gasteiger partial charge on any atom is -0.378 e. The molecule has 0 N–H and O–H groups in total. The smallest absolute Gasteiger partial charge is 0.267 e. The van der Waals surface area contributed by atoms with E-state index in [1.54, 1.807) is 29.2 Å². The predicted octanol–water partition coefficient (Wildman–Crippen LogP) is 4.28. The van der Waals surface area contributed by atoms with Gasteiger partial charge in [-0.25, -0.2) is 0 Å². The minimum absolute atomic E-state index is 0.0474. The molecule has 2 aliphatic heterocycles. The Morgan fingerprint density at radius 3 is 2.53 bits per heavy atom. The van der Waals surface area contributed by atoms with E-state index in [1.165, 1.54) is 16.7 Å². The topological polar surface area (TPSA) is 73.6 Å². The highest BCUT2D eigenvalue weighted by Crippen LogP contribution is 2.43. The normalized spacial score (nSPS) is 20.3. The van der Waals surface area contributed by atoms with Gasteiger partial charge >= 0.3 is 0 Å². The van der Waals surface area contributed by atoms with Gasteiger partial charge in [-0.1, -0.05) is 65.3 Å². The van der Waals surface area contributed by atoms with E-state index in [2.05, 4.69) is 6.07 Å². The zero-order valence-electron chi connectivity index (χ0n) is 17.0. The summed E-state index contributed by atoms with van der Waals surface area (Å²) in [5.41, 5.74) is 1.29. The molecule has 9 heteroatoms. The van der Waals surface area contributed by atoms with Crippen molar-refractivity contribution >= 4 is 52.5 Å². The molecule has 0 aromatic heterocycles. The van der Waals surface area contributed by atoms with Crippen LogP contribution in [-0.4, -0.2) is 48.3 Å². The Hall–Kier alpha value is -2.50. The molecular formula is C23H19Cl2N3O3S. The first-order valence-electron chi connectivity index (χ1n) is 10.0. The first-order valence-corrected chi connectivity index (χ1v) is 11.6. The third-order valence-electron chi connectivity index (χ3n) is 5.24. The number of amides is 2. The SMILES string of the molecule is N#C/C(C(=O)N1CCOCC1)=C1\S[C@H](Cc2cccc(Cl)c2Cl)C(=O)N1c1ccccc1. The number of ether oxygens (including phenoxy) is 1. The lowest BCUT2D eigenvalue weighted by Gasteiger charge is -2.27. The molecule has 0 bridgehead atoms. The van der Waals surface area contributed by atoms with Gasteiger partial charge in [0.05, 0.1) is 28.5 Å². The lowest BCUT2D eigenvalue weighted by atomic mass is 10.1. The van der Waals surface area contributed by atoms with Crippen molar-refractivity contribution in [3.63, 3.8) is 0 Å². The molecule has 32 heavy (non-hydrogen) atoms. The third-order valence-corrected chi connectivity index (χ3v) is 7.36. The first kappa shape index (κ1) is 22.7. The molecule has 6 nitrogen and oxygen atoms in total. The second kappa shape index (κ2) is 9.97. The molecule has 0 aliphatic carbocycles. The van der Waals surface area contributed by atoms with E-state index in [0.717, 1.165) is 5.56 Å². The van der Waals surface area contributed by atoms with Crippen LogP contribution in [0.3, 0.4) is 0 Å². The van der Waals surface area contributed by atoms with Gasteiger partial charge in [0, 0.05) is 18.8 Å². The maximum Gasteiger partial charge on any atom is 0.267 e. The van der Waals surface area contributed by atoms with Crippen LogP contribution in [0.4, 0.5) is 5.69 Å². The van der Waals surface area contributed by atoms with Crippen molar-refractivity contribution in [1.82, 2.24) is 4.90 Å². The summed E-state index contributed by atoms with van der Waals surface area (Å²) in [6.45, 7) is 1.65. The molecular weight excluding hydrogens is 469 g/mol. The van der Waals surface area contributed by atoms with E-state index in [1.807, 2.05) is 24.3 Å². The molecule has 0 spiro atoms. The van der Waals surface area contributed by atoms with Gasteiger partial charge in [-0.3, -0.25) is 14.5 Å². The predicted molar refractivity (Wildman–Crippen MR) is 126 cm³/mol. The Balaban J connectivity index is 1.74. The Morgan fingerprint density at radius 1 is 1.12 bits per heavy atom. The van der Waals surface area contributed by atoms with Gasteiger partial charge in [-0.15, -0.1) is 0 Å². The quantitative estimate of drug-likeness (QED) is 0.475. The van der Waals surface area contributed by atoms with Gasteiger partial charge in [0.15, 0.2) is 0 Å². The molecule has 2 aromatic carbocycles. The summed E-state index contributed by atoms with van der Waals surface area (Å²) in [4.78, 5) is 29.7. The number of hydrogen-bond acceptors (Lipinski definition) is 5. The Bertz CT molecular complexity index is 1110. The number of thioether (sulfide) groups is 1. The number of carbonyl (C=O) groups excluding carboxylic acids is 2. The van der Waals surface area contributed by atoms with E-state index in [9.17, 15) is 14.9 Å². The Morgan fingerprint density at radius 2 is 1.84 bits per heavy atom. The highest BCUT2D eigenvalue weighted by Gasteiger charge is 2.41. The summed E-state index contributed by atoms with van der Waals surface area (Å²) in [6.07, 6.45) is 0.320. The molecule has 2 saturated heterocycles. The molecule has 2 aromatic rings. The molecule has 2 aliphatic rings. The van der Waals surface area contributed by atoms with E-state index in [-0.39, 0.29) is 11.5 Å². The van der Waals surface area contributed by atoms with Crippen LogP contribution < -0.4 is 4.90 Å². The molecule has 0 radical (unpaired) electrons. The van der Waals surface area contributed by atoms with Crippen LogP contribution in [0.1, 0.15) is 5.56 Å². The fourth-order valence-corrected chi connectivity index (χ4v) is 5.31. The number of morpholine rings is 1. The van der Waals surface area contributed by atoms with Crippen LogP contribution >= 0.6 is 35.0 Å². The van der Waals surface area contributed by atoms with Gasteiger partial charge in [0.25, 0.3) is 5.91 Å². The summed E-state index contributed by atoms with van der Waals surface area (Å²) in [5.74, 6) is -0.608. The summed E-state index contributed by atoms with van der Waals surface area (Å²) >= 11 is 13.7. The maximum atomic E-state index is 13.5. The maximum absolute atomic E-state index is 13.5. The molecule has 4 rings (SSSR count). The van der Waals surface area contributed by atoms with Gasteiger partial charge in [-0.05, 0) is 30.2 Å². The number of rotatable bonds is 4. The van der Waals surface area contributed by atoms with Crippen molar-refractivity contribution in [2.75, 3.05) is 31.2 Å². The molecule has 1 atom stereocenters.